The summed E-state index contributed by atoms with van der Waals surface area (Å²) in [6, 6.07) is 14.2. The van der Waals surface area contributed by atoms with Crippen LogP contribution in [-0.2, 0) is 9.47 Å². The summed E-state index contributed by atoms with van der Waals surface area (Å²) >= 11 is 6.73. The Labute approximate surface area is 200 Å². The summed E-state index contributed by atoms with van der Waals surface area (Å²) in [6.07, 6.45) is 0.469. The highest BCUT2D eigenvalue weighted by Crippen LogP contribution is 2.36. The molecule has 0 spiro atoms. The third kappa shape index (κ3) is 4.17. The van der Waals surface area contributed by atoms with E-state index in [2.05, 4.69) is 5.10 Å². The van der Waals surface area contributed by atoms with E-state index in [0.29, 0.717) is 33.2 Å². The van der Waals surface area contributed by atoms with E-state index in [-0.39, 0.29) is 12.2 Å². The molecule has 174 valence electrons. The number of carbonyl (C=O) groups excluding carboxylic acids is 1. The van der Waals surface area contributed by atoms with Crippen LogP contribution in [0.2, 0.25) is 5.02 Å². The van der Waals surface area contributed by atoms with Crippen LogP contribution in [0.25, 0.3) is 21.9 Å². The first kappa shape index (κ1) is 22.5. The zero-order valence-electron chi connectivity index (χ0n) is 18.5. The average molecular weight is 480 g/mol. The first-order valence-electron chi connectivity index (χ1n) is 10.7. The van der Waals surface area contributed by atoms with Crippen molar-refractivity contribution < 1.29 is 24.1 Å². The van der Waals surface area contributed by atoms with E-state index in [1.807, 2.05) is 31.2 Å². The van der Waals surface area contributed by atoms with Gasteiger partial charge in [-0.2, -0.15) is 5.10 Å². The van der Waals surface area contributed by atoms with Gasteiger partial charge in [0.2, 0.25) is 0 Å². The number of aliphatic hydroxyl groups is 1. The number of ether oxygens (including phenoxy) is 3. The van der Waals surface area contributed by atoms with Gasteiger partial charge in [-0.1, -0.05) is 41.9 Å². The molecular weight excluding hydrogens is 458 g/mol. The highest BCUT2D eigenvalue weighted by atomic mass is 35.5. The van der Waals surface area contributed by atoms with Crippen LogP contribution < -0.4 is 4.74 Å². The van der Waals surface area contributed by atoms with Crippen molar-refractivity contribution in [1.82, 2.24) is 14.8 Å². The molecule has 1 N–H and O–H groups in total. The second-order valence-electron chi connectivity index (χ2n) is 7.90. The number of halogens is 1. The number of fused-ring (bicyclic) bond motifs is 2. The Hall–Kier alpha value is -3.30. The average Bonchev–Trinajstić information content (AvgIpc) is 3.43. The number of Topliss-reactive ketones (excluding diaryl/α,β-unsaturated/α-hetero) is 1. The molecule has 8 nitrogen and oxygen atoms in total. The van der Waals surface area contributed by atoms with Crippen LogP contribution in [0.3, 0.4) is 0 Å². The van der Waals surface area contributed by atoms with Gasteiger partial charge in [-0.05, 0) is 37.3 Å². The molecule has 0 fully saturated rings. The van der Waals surface area contributed by atoms with Crippen LogP contribution in [0.1, 0.15) is 28.7 Å². The molecule has 0 amide bonds. The Morgan fingerprint density at radius 2 is 2.03 bits per heavy atom. The summed E-state index contributed by atoms with van der Waals surface area (Å²) in [4.78, 5) is 17.1. The number of aliphatic hydroxyl groups excluding tert-OH is 1. The number of hydrogen-bond acceptors (Lipinski definition) is 7. The third-order valence-electron chi connectivity index (χ3n) is 5.64. The van der Waals surface area contributed by atoms with Crippen LogP contribution in [0, 0.1) is 6.92 Å². The minimum Gasteiger partial charge on any atom is -0.497 e. The molecule has 0 aliphatic carbocycles. The van der Waals surface area contributed by atoms with Crippen LogP contribution in [-0.4, -0.2) is 45.3 Å². The number of carbonyl (C=O) groups is 1. The molecule has 34 heavy (non-hydrogen) atoms. The van der Waals surface area contributed by atoms with Crippen molar-refractivity contribution in [3.63, 3.8) is 0 Å². The van der Waals surface area contributed by atoms with Gasteiger partial charge >= 0.3 is 0 Å². The fourth-order valence-electron chi connectivity index (χ4n) is 3.97. The molecule has 0 radical (unpaired) electrons. The lowest BCUT2D eigenvalue weighted by Crippen LogP contribution is -2.25. The van der Waals surface area contributed by atoms with Gasteiger partial charge < -0.3 is 19.3 Å². The number of methoxy groups -OCH3 is 1. The zero-order chi connectivity index (χ0) is 23.8. The van der Waals surface area contributed by atoms with Gasteiger partial charge in [0.05, 0.1) is 35.2 Å². The molecule has 2 aromatic heterocycles. The maximum absolute atomic E-state index is 12.3. The zero-order valence-corrected chi connectivity index (χ0v) is 19.3. The van der Waals surface area contributed by atoms with Gasteiger partial charge in [0.1, 0.15) is 5.75 Å². The number of aromatic nitrogens is 3. The second kappa shape index (κ2) is 9.15. The molecule has 0 saturated carbocycles. The largest absolute Gasteiger partial charge is 0.497 e. The summed E-state index contributed by atoms with van der Waals surface area (Å²) in [6.45, 7) is 1.85. The molecule has 3 heterocycles. The Morgan fingerprint density at radius 1 is 1.24 bits per heavy atom. The fraction of sp³-hybridized carbons (Fsp3) is 0.240. The van der Waals surface area contributed by atoms with Crippen molar-refractivity contribution >= 4 is 39.3 Å². The van der Waals surface area contributed by atoms with Gasteiger partial charge in [-0.15, -0.1) is 0 Å². The lowest BCUT2D eigenvalue weighted by atomic mass is 10.1. The van der Waals surface area contributed by atoms with E-state index < -0.39 is 18.8 Å². The minimum absolute atomic E-state index is 0.182. The molecular formula is C25H22ClN3O5. The van der Waals surface area contributed by atoms with Crippen molar-refractivity contribution in [2.45, 2.75) is 32.2 Å². The van der Waals surface area contributed by atoms with E-state index in [9.17, 15) is 9.90 Å². The maximum Gasteiger partial charge on any atom is 0.183 e. The van der Waals surface area contributed by atoms with Crippen molar-refractivity contribution in [1.29, 1.82) is 0 Å². The molecule has 3 atom stereocenters. The van der Waals surface area contributed by atoms with Crippen LogP contribution >= 0.6 is 11.6 Å². The summed E-state index contributed by atoms with van der Waals surface area (Å²) in [5.74, 6) is 0.467. The molecule has 2 aromatic carbocycles. The smallest absolute Gasteiger partial charge is 0.183 e. The number of ketones is 1. The number of pyridine rings is 1. The molecule has 1 aliphatic rings. The summed E-state index contributed by atoms with van der Waals surface area (Å²) in [5, 5.41) is 16.9. The number of aryl methyl sites for hydroxylation is 1. The summed E-state index contributed by atoms with van der Waals surface area (Å²) in [7, 11) is 1.60. The SMILES string of the molecule is COc1ccc2nc3c(c(C)nn3[C@H]3C=C[C@@H](OC(O)CC(=O)c4ccccc4)O3)c(Cl)c2c1. The monoisotopic (exact) mass is 479 g/mol. The lowest BCUT2D eigenvalue weighted by Gasteiger charge is -2.18. The Kier molecular flexibility index (Phi) is 6.05. The first-order valence-corrected chi connectivity index (χ1v) is 11.1. The third-order valence-corrected chi connectivity index (χ3v) is 6.03. The van der Waals surface area contributed by atoms with Gasteiger partial charge in [0, 0.05) is 10.9 Å². The number of rotatable bonds is 7. The molecule has 4 aromatic rings. The normalized spacial score (nSPS) is 18.6. The Balaban J connectivity index is 1.34. The van der Waals surface area contributed by atoms with Crippen molar-refractivity contribution in [2.24, 2.45) is 0 Å². The Morgan fingerprint density at radius 3 is 2.79 bits per heavy atom. The van der Waals surface area contributed by atoms with Crippen molar-refractivity contribution in [3.05, 3.63) is 77.0 Å². The van der Waals surface area contributed by atoms with Crippen LogP contribution in [0.5, 0.6) is 5.75 Å². The topological polar surface area (TPSA) is 95.7 Å². The quantitative estimate of drug-likeness (QED) is 0.235. The van der Waals surface area contributed by atoms with Gasteiger partial charge in [0.15, 0.2) is 30.2 Å². The van der Waals surface area contributed by atoms with Crippen LogP contribution in [0.15, 0.2) is 60.7 Å². The fourth-order valence-corrected chi connectivity index (χ4v) is 4.35. The second-order valence-corrected chi connectivity index (χ2v) is 8.28. The van der Waals surface area contributed by atoms with E-state index >= 15 is 0 Å². The van der Waals surface area contributed by atoms with Crippen molar-refractivity contribution in [2.75, 3.05) is 7.11 Å². The first-order chi connectivity index (χ1) is 16.4. The van der Waals surface area contributed by atoms with E-state index in [4.69, 9.17) is 30.8 Å². The predicted molar refractivity (Wildman–Crippen MR) is 127 cm³/mol. The lowest BCUT2D eigenvalue weighted by molar-refractivity contribution is -0.216. The molecule has 1 unspecified atom stereocenters. The van der Waals surface area contributed by atoms with E-state index in [1.165, 1.54) is 0 Å². The number of hydrogen-bond donors (Lipinski definition) is 1. The number of benzene rings is 2. The van der Waals surface area contributed by atoms with Gasteiger partial charge in [-0.25, -0.2) is 9.67 Å². The predicted octanol–water partition coefficient (Wildman–Crippen LogP) is 4.57. The molecule has 9 heteroatoms. The minimum atomic E-state index is -1.32. The Bertz CT molecular complexity index is 1400. The maximum atomic E-state index is 12.3. The highest BCUT2D eigenvalue weighted by molar-refractivity contribution is 6.40. The summed E-state index contributed by atoms with van der Waals surface area (Å²) in [5.41, 5.74) is 2.48. The standard InChI is InChI=1S/C25H22ClN3O5/c1-14-23-24(26)17-12-16(32-2)8-9-18(17)27-25(23)29(28-14)20-10-11-22(33-20)34-21(31)13-19(30)15-6-4-3-5-7-15/h3-12,20-22,31H,13H2,1-2H3/t20-,21?,22-/m1/s1. The van der Waals surface area contributed by atoms with Gasteiger partial charge in [-0.3, -0.25) is 4.79 Å². The van der Waals surface area contributed by atoms with Crippen molar-refractivity contribution in [3.8, 4) is 5.75 Å². The highest BCUT2D eigenvalue weighted by Gasteiger charge is 2.28. The van der Waals surface area contributed by atoms with E-state index in [1.54, 1.807) is 48.2 Å². The number of nitrogens with zero attached hydrogens (tertiary/aromatic N) is 3. The molecule has 0 bridgehead atoms. The van der Waals surface area contributed by atoms with Crippen LogP contribution in [0.4, 0.5) is 0 Å². The molecule has 0 saturated heterocycles. The van der Waals surface area contributed by atoms with Gasteiger partial charge in [0.25, 0.3) is 0 Å². The van der Waals surface area contributed by atoms with E-state index in [0.717, 1.165) is 10.8 Å². The molecule has 1 aliphatic heterocycles. The molecule has 5 rings (SSSR count). The summed E-state index contributed by atoms with van der Waals surface area (Å²) < 4.78 is 18.4.